The first-order chi connectivity index (χ1) is 7.40. The Balaban J connectivity index is 2.47. The summed E-state index contributed by atoms with van der Waals surface area (Å²) in [6.45, 7) is 0. The zero-order valence-corrected chi connectivity index (χ0v) is 8.47. The van der Waals surface area contributed by atoms with Crippen molar-refractivity contribution in [2.45, 2.75) is 31.5 Å². The predicted octanol–water partition coefficient (Wildman–Crippen LogP) is 3.59. The fourth-order valence-corrected chi connectivity index (χ4v) is 1.40. The van der Waals surface area contributed by atoms with Gasteiger partial charge in [0, 0.05) is 12.0 Å². The third-order valence-electron chi connectivity index (χ3n) is 2.20. The standard InChI is InChI=1S/C11H12F4O/c12-9-5-2-1-4-8(9)10(16)6-3-7-11(13,14)15/h1-2,4-5,10,16H,3,6-7H2. The SMILES string of the molecule is OC(CCCC(F)(F)F)c1ccccc1F. The third-order valence-corrected chi connectivity index (χ3v) is 2.20. The molecule has 1 aromatic carbocycles. The van der Waals surface area contributed by atoms with Crippen LogP contribution < -0.4 is 0 Å². The van der Waals surface area contributed by atoms with Gasteiger partial charge in [0.25, 0.3) is 0 Å². The van der Waals surface area contributed by atoms with Crippen LogP contribution in [0.15, 0.2) is 24.3 Å². The minimum Gasteiger partial charge on any atom is -0.388 e. The van der Waals surface area contributed by atoms with Gasteiger partial charge in [-0.3, -0.25) is 0 Å². The van der Waals surface area contributed by atoms with Crippen molar-refractivity contribution in [2.75, 3.05) is 0 Å². The summed E-state index contributed by atoms with van der Waals surface area (Å²) in [4.78, 5) is 0. The van der Waals surface area contributed by atoms with Crippen molar-refractivity contribution in [3.8, 4) is 0 Å². The Morgan fingerprint density at radius 2 is 1.81 bits per heavy atom. The summed E-state index contributed by atoms with van der Waals surface area (Å²) in [6, 6.07) is 5.53. The lowest BCUT2D eigenvalue weighted by Gasteiger charge is -2.12. The fraction of sp³-hybridized carbons (Fsp3) is 0.455. The topological polar surface area (TPSA) is 20.2 Å². The largest absolute Gasteiger partial charge is 0.389 e. The Kier molecular flexibility index (Phi) is 4.29. The Morgan fingerprint density at radius 3 is 2.38 bits per heavy atom. The van der Waals surface area contributed by atoms with Crippen LogP contribution >= 0.6 is 0 Å². The van der Waals surface area contributed by atoms with E-state index in [-0.39, 0.29) is 18.4 Å². The van der Waals surface area contributed by atoms with Gasteiger partial charge in [-0.15, -0.1) is 0 Å². The molecule has 0 aliphatic rings. The molecule has 1 rings (SSSR count). The molecule has 0 aliphatic carbocycles. The summed E-state index contributed by atoms with van der Waals surface area (Å²) >= 11 is 0. The quantitative estimate of drug-likeness (QED) is 0.792. The summed E-state index contributed by atoms with van der Waals surface area (Å²) in [6.07, 6.45) is -6.67. The monoisotopic (exact) mass is 236 g/mol. The Bertz CT molecular complexity index is 335. The number of aliphatic hydroxyl groups excluding tert-OH is 1. The van der Waals surface area contributed by atoms with Gasteiger partial charge in [-0.2, -0.15) is 13.2 Å². The molecule has 0 fully saturated rings. The molecule has 1 atom stereocenters. The van der Waals surface area contributed by atoms with Gasteiger partial charge < -0.3 is 5.11 Å². The van der Waals surface area contributed by atoms with Crippen LogP contribution in [0.5, 0.6) is 0 Å². The summed E-state index contributed by atoms with van der Waals surface area (Å²) < 4.78 is 48.6. The first kappa shape index (κ1) is 13.0. The molecule has 0 bridgehead atoms. The van der Waals surface area contributed by atoms with E-state index in [1.807, 2.05) is 0 Å². The molecule has 1 nitrogen and oxygen atoms in total. The maximum Gasteiger partial charge on any atom is 0.389 e. The minimum absolute atomic E-state index is 0.0460. The van der Waals surface area contributed by atoms with Crippen LogP contribution in [-0.2, 0) is 0 Å². The summed E-state index contributed by atoms with van der Waals surface area (Å²) in [7, 11) is 0. The van der Waals surface area contributed by atoms with E-state index >= 15 is 0 Å². The van der Waals surface area contributed by atoms with Crippen LogP contribution in [0.3, 0.4) is 0 Å². The van der Waals surface area contributed by atoms with Gasteiger partial charge in [0.2, 0.25) is 0 Å². The van der Waals surface area contributed by atoms with E-state index in [0.717, 1.165) is 0 Å². The number of halogens is 4. The fourth-order valence-electron chi connectivity index (χ4n) is 1.40. The van der Waals surface area contributed by atoms with Crippen LogP contribution in [0.1, 0.15) is 30.9 Å². The van der Waals surface area contributed by atoms with Crippen LogP contribution in [0.4, 0.5) is 17.6 Å². The lowest BCUT2D eigenvalue weighted by molar-refractivity contribution is -0.136. The van der Waals surface area contributed by atoms with E-state index < -0.39 is 24.5 Å². The maximum absolute atomic E-state index is 13.1. The number of hydrogen-bond acceptors (Lipinski definition) is 1. The first-order valence-electron chi connectivity index (χ1n) is 4.89. The van der Waals surface area contributed by atoms with Crippen LogP contribution in [0, 0.1) is 5.82 Å². The summed E-state index contributed by atoms with van der Waals surface area (Å²) in [5, 5.41) is 9.49. The van der Waals surface area contributed by atoms with Crippen LogP contribution in [0.25, 0.3) is 0 Å². The molecule has 1 N–H and O–H groups in total. The van der Waals surface area contributed by atoms with Crippen molar-refractivity contribution in [3.05, 3.63) is 35.6 Å². The highest BCUT2D eigenvalue weighted by atomic mass is 19.4. The van der Waals surface area contributed by atoms with E-state index in [4.69, 9.17) is 0 Å². The molecule has 16 heavy (non-hydrogen) atoms. The van der Waals surface area contributed by atoms with E-state index in [1.54, 1.807) is 0 Å². The average molecular weight is 236 g/mol. The number of benzene rings is 1. The smallest absolute Gasteiger partial charge is 0.388 e. The van der Waals surface area contributed by atoms with Crippen molar-refractivity contribution >= 4 is 0 Å². The molecule has 0 amide bonds. The molecule has 1 unspecified atom stereocenters. The van der Waals surface area contributed by atoms with E-state index in [9.17, 15) is 22.7 Å². The maximum atomic E-state index is 13.1. The molecule has 0 heterocycles. The predicted molar refractivity (Wildman–Crippen MR) is 51.3 cm³/mol. The molecule has 0 saturated carbocycles. The summed E-state index contributed by atoms with van der Waals surface area (Å²) in [5.41, 5.74) is 0.0460. The molecular weight excluding hydrogens is 224 g/mol. The normalized spacial score (nSPS) is 13.8. The van der Waals surface area contributed by atoms with Gasteiger partial charge in [-0.25, -0.2) is 4.39 Å². The number of alkyl halides is 3. The molecule has 0 aliphatic heterocycles. The second kappa shape index (κ2) is 5.30. The second-order valence-electron chi connectivity index (χ2n) is 3.54. The Morgan fingerprint density at radius 1 is 1.19 bits per heavy atom. The average Bonchev–Trinajstić information content (AvgIpc) is 2.16. The summed E-state index contributed by atoms with van der Waals surface area (Å²) in [5.74, 6) is -0.595. The van der Waals surface area contributed by atoms with E-state index in [1.165, 1.54) is 24.3 Å². The van der Waals surface area contributed by atoms with Crippen molar-refractivity contribution in [1.29, 1.82) is 0 Å². The molecule has 5 heteroatoms. The highest BCUT2D eigenvalue weighted by Gasteiger charge is 2.26. The molecular formula is C11H12F4O. The first-order valence-corrected chi connectivity index (χ1v) is 4.89. The molecule has 0 aromatic heterocycles. The van der Waals surface area contributed by atoms with E-state index in [2.05, 4.69) is 0 Å². The van der Waals surface area contributed by atoms with Crippen molar-refractivity contribution < 1.29 is 22.7 Å². The van der Waals surface area contributed by atoms with Crippen molar-refractivity contribution in [3.63, 3.8) is 0 Å². The number of aliphatic hydroxyl groups is 1. The van der Waals surface area contributed by atoms with Crippen molar-refractivity contribution in [2.24, 2.45) is 0 Å². The second-order valence-corrected chi connectivity index (χ2v) is 3.54. The zero-order chi connectivity index (χ0) is 12.2. The number of hydrogen-bond donors (Lipinski definition) is 1. The highest BCUT2D eigenvalue weighted by molar-refractivity contribution is 5.19. The molecule has 90 valence electrons. The van der Waals surface area contributed by atoms with Gasteiger partial charge in [0.1, 0.15) is 5.82 Å². The van der Waals surface area contributed by atoms with E-state index in [0.29, 0.717) is 0 Å². The van der Waals surface area contributed by atoms with Crippen LogP contribution in [0.2, 0.25) is 0 Å². The molecule has 0 saturated heterocycles. The van der Waals surface area contributed by atoms with Gasteiger partial charge in [-0.1, -0.05) is 18.2 Å². The molecule has 0 radical (unpaired) electrons. The van der Waals surface area contributed by atoms with Gasteiger partial charge in [0.15, 0.2) is 0 Å². The van der Waals surface area contributed by atoms with Crippen LogP contribution in [-0.4, -0.2) is 11.3 Å². The van der Waals surface area contributed by atoms with Gasteiger partial charge >= 0.3 is 6.18 Å². The lowest BCUT2D eigenvalue weighted by Crippen LogP contribution is -2.08. The lowest BCUT2D eigenvalue weighted by atomic mass is 10.0. The number of rotatable bonds is 4. The highest BCUT2D eigenvalue weighted by Crippen LogP contribution is 2.27. The third kappa shape index (κ3) is 4.18. The Hall–Kier alpha value is -1.10. The molecule has 1 aromatic rings. The van der Waals surface area contributed by atoms with Crippen molar-refractivity contribution in [1.82, 2.24) is 0 Å². The van der Waals surface area contributed by atoms with Gasteiger partial charge in [-0.05, 0) is 18.9 Å². The molecule has 0 spiro atoms. The minimum atomic E-state index is -4.23. The van der Waals surface area contributed by atoms with Gasteiger partial charge in [0.05, 0.1) is 6.10 Å². The zero-order valence-electron chi connectivity index (χ0n) is 8.47. The Labute approximate surface area is 90.7 Å².